The molecule has 0 aromatic heterocycles. The SMILES string of the molecule is CNCCCNC(=O)C(C)Sc1ccc(Br)cc1. The van der Waals surface area contributed by atoms with E-state index in [-0.39, 0.29) is 11.2 Å². The number of thioether (sulfide) groups is 1. The highest BCUT2D eigenvalue weighted by Crippen LogP contribution is 2.24. The van der Waals surface area contributed by atoms with Crippen LogP contribution in [0.15, 0.2) is 33.6 Å². The Balaban J connectivity index is 2.33. The first kappa shape index (κ1) is 15.5. The summed E-state index contributed by atoms with van der Waals surface area (Å²) in [6.07, 6.45) is 0.956. The Labute approximate surface area is 121 Å². The zero-order valence-corrected chi connectivity index (χ0v) is 13.1. The lowest BCUT2D eigenvalue weighted by Gasteiger charge is -2.12. The summed E-state index contributed by atoms with van der Waals surface area (Å²) < 4.78 is 1.05. The number of nitrogens with one attached hydrogen (secondary N) is 2. The van der Waals surface area contributed by atoms with E-state index >= 15 is 0 Å². The van der Waals surface area contributed by atoms with Crippen molar-refractivity contribution in [2.45, 2.75) is 23.5 Å². The van der Waals surface area contributed by atoms with E-state index in [1.165, 1.54) is 0 Å². The summed E-state index contributed by atoms with van der Waals surface area (Å²) in [6.45, 7) is 3.58. The topological polar surface area (TPSA) is 41.1 Å². The molecule has 18 heavy (non-hydrogen) atoms. The van der Waals surface area contributed by atoms with Gasteiger partial charge in [0.1, 0.15) is 0 Å². The zero-order chi connectivity index (χ0) is 13.4. The van der Waals surface area contributed by atoms with E-state index in [0.29, 0.717) is 0 Å². The summed E-state index contributed by atoms with van der Waals surface area (Å²) in [5.74, 6) is 0.0963. The Hall–Kier alpha value is -0.520. The van der Waals surface area contributed by atoms with E-state index in [1.807, 2.05) is 38.2 Å². The lowest BCUT2D eigenvalue weighted by Crippen LogP contribution is -2.32. The fourth-order valence-electron chi connectivity index (χ4n) is 1.39. The molecule has 0 fully saturated rings. The molecular formula is C13H19BrN2OS. The summed E-state index contributed by atoms with van der Waals surface area (Å²) in [5.41, 5.74) is 0. The molecule has 1 aromatic carbocycles. The van der Waals surface area contributed by atoms with Gasteiger partial charge in [-0.25, -0.2) is 0 Å². The Morgan fingerprint density at radius 2 is 2.00 bits per heavy atom. The molecule has 0 aliphatic heterocycles. The van der Waals surface area contributed by atoms with Crippen LogP contribution in [0.5, 0.6) is 0 Å². The minimum atomic E-state index is -0.0687. The number of carbonyl (C=O) groups excluding carboxylic acids is 1. The predicted molar refractivity (Wildman–Crippen MR) is 81.0 cm³/mol. The average molecular weight is 331 g/mol. The van der Waals surface area contributed by atoms with Crippen LogP contribution in [0.2, 0.25) is 0 Å². The van der Waals surface area contributed by atoms with Gasteiger partial charge >= 0.3 is 0 Å². The van der Waals surface area contributed by atoms with Gasteiger partial charge < -0.3 is 10.6 Å². The largest absolute Gasteiger partial charge is 0.355 e. The molecule has 1 atom stereocenters. The second-order valence-corrected chi connectivity index (χ2v) is 6.29. The molecule has 1 aromatic rings. The molecule has 3 nitrogen and oxygen atoms in total. The number of hydrogen-bond acceptors (Lipinski definition) is 3. The summed E-state index contributed by atoms with van der Waals surface area (Å²) >= 11 is 4.97. The highest BCUT2D eigenvalue weighted by molar-refractivity contribution is 9.10. The molecule has 0 saturated carbocycles. The Bertz CT molecular complexity index is 370. The smallest absolute Gasteiger partial charge is 0.233 e. The normalized spacial score (nSPS) is 12.2. The second-order valence-electron chi connectivity index (χ2n) is 3.96. The van der Waals surface area contributed by atoms with E-state index < -0.39 is 0 Å². The molecule has 0 heterocycles. The highest BCUT2D eigenvalue weighted by atomic mass is 79.9. The molecule has 0 aliphatic carbocycles. The van der Waals surface area contributed by atoms with Gasteiger partial charge in [-0.2, -0.15) is 0 Å². The molecule has 0 radical (unpaired) electrons. The van der Waals surface area contributed by atoms with Crippen LogP contribution in [-0.2, 0) is 4.79 Å². The van der Waals surface area contributed by atoms with E-state index in [0.717, 1.165) is 28.9 Å². The fraction of sp³-hybridized carbons (Fsp3) is 0.462. The number of hydrogen-bond donors (Lipinski definition) is 2. The van der Waals surface area contributed by atoms with Crippen molar-refractivity contribution in [2.24, 2.45) is 0 Å². The van der Waals surface area contributed by atoms with E-state index in [2.05, 4.69) is 26.6 Å². The van der Waals surface area contributed by atoms with Crippen molar-refractivity contribution in [1.82, 2.24) is 10.6 Å². The molecule has 0 saturated heterocycles. The molecule has 1 unspecified atom stereocenters. The van der Waals surface area contributed by atoms with Crippen molar-refractivity contribution in [2.75, 3.05) is 20.1 Å². The molecule has 2 N–H and O–H groups in total. The van der Waals surface area contributed by atoms with Gasteiger partial charge in [-0.15, -0.1) is 11.8 Å². The first-order valence-corrected chi connectivity index (χ1v) is 7.65. The molecule has 100 valence electrons. The average Bonchev–Trinajstić information content (AvgIpc) is 2.37. The van der Waals surface area contributed by atoms with Gasteiger partial charge in [0.05, 0.1) is 5.25 Å². The maximum Gasteiger partial charge on any atom is 0.233 e. The lowest BCUT2D eigenvalue weighted by molar-refractivity contribution is -0.120. The minimum absolute atomic E-state index is 0.0687. The van der Waals surface area contributed by atoms with Crippen LogP contribution in [0.3, 0.4) is 0 Å². The standard InChI is InChI=1S/C13H19BrN2OS/c1-10(13(17)16-9-3-8-15-2)18-12-6-4-11(14)5-7-12/h4-7,10,15H,3,8-9H2,1-2H3,(H,16,17). The number of halogens is 1. The Kier molecular flexibility index (Phi) is 7.39. The summed E-state index contributed by atoms with van der Waals surface area (Å²) in [6, 6.07) is 8.00. The van der Waals surface area contributed by atoms with Gasteiger partial charge in [0.15, 0.2) is 0 Å². The molecule has 1 amide bonds. The maximum absolute atomic E-state index is 11.8. The van der Waals surface area contributed by atoms with Gasteiger partial charge in [-0.3, -0.25) is 4.79 Å². The van der Waals surface area contributed by atoms with Crippen LogP contribution < -0.4 is 10.6 Å². The van der Waals surface area contributed by atoms with Gasteiger partial charge in [-0.1, -0.05) is 15.9 Å². The second kappa shape index (κ2) is 8.56. The third-order valence-corrected chi connectivity index (χ3v) is 4.04. The third kappa shape index (κ3) is 5.89. The van der Waals surface area contributed by atoms with E-state index in [4.69, 9.17) is 0 Å². The van der Waals surface area contributed by atoms with Crippen molar-refractivity contribution in [1.29, 1.82) is 0 Å². The summed E-state index contributed by atoms with van der Waals surface area (Å²) in [5, 5.41) is 5.93. The van der Waals surface area contributed by atoms with Crippen molar-refractivity contribution < 1.29 is 4.79 Å². The number of rotatable bonds is 7. The fourth-order valence-corrected chi connectivity index (χ4v) is 2.55. The van der Waals surface area contributed by atoms with E-state index in [9.17, 15) is 4.79 Å². The van der Waals surface area contributed by atoms with Crippen molar-refractivity contribution in [3.05, 3.63) is 28.7 Å². The summed E-state index contributed by atoms with van der Waals surface area (Å²) in [7, 11) is 1.91. The van der Waals surface area contributed by atoms with Gasteiger partial charge in [0, 0.05) is 15.9 Å². The van der Waals surface area contributed by atoms with Crippen LogP contribution in [-0.4, -0.2) is 31.3 Å². The van der Waals surface area contributed by atoms with E-state index in [1.54, 1.807) is 11.8 Å². The first-order chi connectivity index (χ1) is 8.63. The van der Waals surface area contributed by atoms with Crippen molar-refractivity contribution in [3.8, 4) is 0 Å². The highest BCUT2D eigenvalue weighted by Gasteiger charge is 2.13. The maximum atomic E-state index is 11.8. The van der Waals surface area contributed by atoms with Crippen LogP contribution in [0, 0.1) is 0 Å². The van der Waals surface area contributed by atoms with Gasteiger partial charge in [-0.05, 0) is 51.2 Å². The molecular weight excluding hydrogens is 312 g/mol. The Morgan fingerprint density at radius 1 is 1.33 bits per heavy atom. The first-order valence-electron chi connectivity index (χ1n) is 5.98. The van der Waals surface area contributed by atoms with Crippen molar-refractivity contribution in [3.63, 3.8) is 0 Å². The molecule has 0 spiro atoms. The molecule has 0 aliphatic rings. The lowest BCUT2D eigenvalue weighted by atomic mass is 10.4. The molecule has 0 bridgehead atoms. The van der Waals surface area contributed by atoms with Crippen LogP contribution in [0.4, 0.5) is 0 Å². The van der Waals surface area contributed by atoms with Crippen molar-refractivity contribution >= 4 is 33.6 Å². The Morgan fingerprint density at radius 3 is 2.61 bits per heavy atom. The van der Waals surface area contributed by atoms with Crippen LogP contribution >= 0.6 is 27.7 Å². The van der Waals surface area contributed by atoms with Gasteiger partial charge in [0.25, 0.3) is 0 Å². The van der Waals surface area contributed by atoms with Gasteiger partial charge in [0.2, 0.25) is 5.91 Å². The predicted octanol–water partition coefficient (Wildman–Crippen LogP) is 2.66. The summed E-state index contributed by atoms with van der Waals surface area (Å²) in [4.78, 5) is 12.9. The number of carbonyl (C=O) groups is 1. The van der Waals surface area contributed by atoms with Crippen LogP contribution in [0.1, 0.15) is 13.3 Å². The minimum Gasteiger partial charge on any atom is -0.355 e. The number of benzene rings is 1. The third-order valence-electron chi connectivity index (χ3n) is 2.40. The molecule has 5 heteroatoms. The molecule has 1 rings (SSSR count). The zero-order valence-electron chi connectivity index (χ0n) is 10.7. The number of amides is 1. The van der Waals surface area contributed by atoms with Crippen LogP contribution in [0.25, 0.3) is 0 Å². The monoisotopic (exact) mass is 330 g/mol. The quantitative estimate of drug-likeness (QED) is 0.596.